The van der Waals surface area contributed by atoms with E-state index in [-0.39, 0.29) is 23.5 Å². The molecule has 43 heavy (non-hydrogen) atoms. The Morgan fingerprint density at radius 2 is 1.81 bits per heavy atom. The van der Waals surface area contributed by atoms with E-state index >= 15 is 4.39 Å². The molecular formula is C30H36F2N6O4S. The lowest BCUT2D eigenvalue weighted by atomic mass is 10.0. The van der Waals surface area contributed by atoms with Crippen molar-refractivity contribution in [2.24, 2.45) is 5.92 Å². The smallest absolute Gasteiger partial charge is 0.232 e. The summed E-state index contributed by atoms with van der Waals surface area (Å²) in [5.74, 6) is 0.444. The zero-order valence-electron chi connectivity index (χ0n) is 24.1. The van der Waals surface area contributed by atoms with Crippen LogP contribution in [0.15, 0.2) is 48.7 Å². The summed E-state index contributed by atoms with van der Waals surface area (Å²) in [7, 11) is -3.92. The molecule has 5 N–H and O–H groups in total. The number of nitrogens with zero attached hydrogens (tertiary/aromatic N) is 3. The van der Waals surface area contributed by atoms with E-state index in [9.17, 15) is 12.8 Å². The summed E-state index contributed by atoms with van der Waals surface area (Å²) in [5.41, 5.74) is 13.4. The average Bonchev–Trinajstić information content (AvgIpc) is 3.82. The number of nitrogens with one attached hydrogen (secondary N) is 1. The molecule has 1 aliphatic carbocycles. The molecule has 0 spiro atoms. The summed E-state index contributed by atoms with van der Waals surface area (Å²) >= 11 is 0. The van der Waals surface area contributed by atoms with Crippen molar-refractivity contribution < 1.29 is 26.7 Å². The van der Waals surface area contributed by atoms with Crippen molar-refractivity contribution in [2.45, 2.75) is 33.1 Å². The normalized spacial score (nSPS) is 12.9. The summed E-state index contributed by atoms with van der Waals surface area (Å²) in [4.78, 5) is 13.2. The fourth-order valence-corrected chi connectivity index (χ4v) is 5.23. The van der Waals surface area contributed by atoms with E-state index in [0.29, 0.717) is 51.9 Å². The highest BCUT2D eigenvalue weighted by molar-refractivity contribution is 7.92. The number of pyridine rings is 1. The Morgan fingerprint density at radius 1 is 1.05 bits per heavy atom. The number of benzene rings is 2. The number of nitrogens with two attached hydrogens (primary N) is 2. The first-order valence-corrected chi connectivity index (χ1v) is 15.7. The maximum absolute atomic E-state index is 15.6. The zero-order valence-corrected chi connectivity index (χ0v) is 25.0. The molecule has 2 aromatic heterocycles. The molecule has 0 unspecified atom stereocenters. The fraction of sp³-hybridized carbons (Fsp3) is 0.367. The van der Waals surface area contributed by atoms with Crippen LogP contribution in [0.2, 0.25) is 0 Å². The van der Waals surface area contributed by atoms with Crippen molar-refractivity contribution in [3.8, 4) is 28.3 Å². The molecule has 0 saturated heterocycles. The molecule has 1 aliphatic rings. The molecule has 1 fully saturated rings. The van der Waals surface area contributed by atoms with Gasteiger partial charge in [0.2, 0.25) is 10.0 Å². The Hall–Kier alpha value is -4.10. The highest BCUT2D eigenvalue weighted by atomic mass is 32.2. The van der Waals surface area contributed by atoms with Crippen molar-refractivity contribution in [1.29, 1.82) is 0 Å². The van der Waals surface area contributed by atoms with Crippen LogP contribution in [0.4, 0.5) is 26.1 Å². The first kappa shape index (κ1) is 31.8. The molecule has 0 bridgehead atoms. The lowest BCUT2D eigenvalue weighted by Gasteiger charge is -2.15. The van der Waals surface area contributed by atoms with Gasteiger partial charge in [-0.2, -0.15) is 0 Å². The minimum absolute atomic E-state index is 0.125. The van der Waals surface area contributed by atoms with E-state index in [4.69, 9.17) is 20.9 Å². The Kier molecular flexibility index (Phi) is 10.6. The number of aromatic nitrogens is 3. The van der Waals surface area contributed by atoms with Gasteiger partial charge in [-0.3, -0.25) is 9.11 Å². The third-order valence-electron chi connectivity index (χ3n) is 6.54. The molecule has 0 atom stereocenters. The number of sulfonamides is 1. The van der Waals surface area contributed by atoms with Gasteiger partial charge in [0.25, 0.3) is 0 Å². The number of hydrogen-bond acceptors (Lipinski definition) is 9. The summed E-state index contributed by atoms with van der Waals surface area (Å²) in [6, 6.07) is 11.0. The monoisotopic (exact) mass is 614 g/mol. The van der Waals surface area contributed by atoms with Gasteiger partial charge in [0.15, 0.2) is 11.6 Å². The van der Waals surface area contributed by atoms with Gasteiger partial charge in [0, 0.05) is 35.9 Å². The van der Waals surface area contributed by atoms with Crippen LogP contribution < -0.4 is 20.9 Å². The van der Waals surface area contributed by atoms with E-state index in [2.05, 4.69) is 19.7 Å². The van der Waals surface area contributed by atoms with Gasteiger partial charge in [0.05, 0.1) is 24.7 Å². The van der Waals surface area contributed by atoms with E-state index in [1.54, 1.807) is 30.5 Å². The van der Waals surface area contributed by atoms with E-state index in [0.717, 1.165) is 26.1 Å². The first-order chi connectivity index (χ1) is 20.7. The van der Waals surface area contributed by atoms with Crippen LogP contribution >= 0.6 is 0 Å². The van der Waals surface area contributed by atoms with E-state index < -0.39 is 28.3 Å². The van der Waals surface area contributed by atoms with Crippen LogP contribution in [0.1, 0.15) is 33.1 Å². The topological polar surface area (TPSA) is 155 Å². The fourth-order valence-electron chi connectivity index (χ4n) is 4.15. The van der Waals surface area contributed by atoms with Gasteiger partial charge in [0.1, 0.15) is 22.9 Å². The van der Waals surface area contributed by atoms with Crippen LogP contribution in [0.3, 0.4) is 0 Å². The second kappa shape index (κ2) is 14.4. The highest BCUT2D eigenvalue weighted by Crippen LogP contribution is 2.38. The van der Waals surface area contributed by atoms with Crippen LogP contribution in [-0.2, 0) is 14.8 Å². The molecule has 0 aliphatic heterocycles. The number of nitrogen functional groups attached to an aromatic ring is 2. The lowest BCUT2D eigenvalue weighted by Crippen LogP contribution is -2.18. The molecule has 4 aromatic rings. The molecule has 0 radical (unpaired) electrons. The summed E-state index contributed by atoms with van der Waals surface area (Å²) in [6.07, 6.45) is 3.49. The number of fused-ring (bicyclic) bond motifs is 1. The minimum atomic E-state index is -3.92. The van der Waals surface area contributed by atoms with Crippen molar-refractivity contribution in [2.75, 3.05) is 48.4 Å². The maximum atomic E-state index is 15.6. The maximum Gasteiger partial charge on any atom is 0.232 e. The molecule has 1 saturated carbocycles. The summed E-state index contributed by atoms with van der Waals surface area (Å²) in [5, 5.41) is 0.453. The number of rotatable bonds is 12. The number of ether oxygens (including phenoxy) is 2. The third-order valence-corrected chi connectivity index (χ3v) is 7.90. The van der Waals surface area contributed by atoms with Crippen molar-refractivity contribution in [3.63, 3.8) is 0 Å². The van der Waals surface area contributed by atoms with Gasteiger partial charge >= 0.3 is 0 Å². The predicted molar refractivity (Wildman–Crippen MR) is 165 cm³/mol. The van der Waals surface area contributed by atoms with E-state index in [1.165, 1.54) is 18.2 Å². The van der Waals surface area contributed by atoms with Crippen molar-refractivity contribution in [3.05, 3.63) is 54.5 Å². The largest absolute Gasteiger partial charge is 0.491 e. The Balaban J connectivity index is 0.000000782. The standard InChI is InChI=1S/C26H26F2N6O3S.C4H10O/c27-9-2-10-38(35,36)34-20-4-1-3-18(23(20)28)17-11-19-24(21(12-17)37-14-15-5-6-15)32-26(33-25(19)30)16-7-8-22(29)31-13-16;1-3-5-4-2/h1,3-4,7-8,11-13,15,34H,2,5-6,9-10,14H2,(H2,29,31)(H2,30,32,33);3-4H2,1-2H3. The molecule has 5 rings (SSSR count). The first-order valence-electron chi connectivity index (χ1n) is 14.0. The van der Waals surface area contributed by atoms with Gasteiger partial charge in [-0.25, -0.2) is 27.8 Å². The number of hydrogen-bond donors (Lipinski definition) is 3. The van der Waals surface area contributed by atoms with Gasteiger partial charge < -0.3 is 20.9 Å². The van der Waals surface area contributed by atoms with Crippen LogP contribution in [0, 0.1) is 11.7 Å². The molecule has 0 amide bonds. The Morgan fingerprint density at radius 3 is 2.44 bits per heavy atom. The third kappa shape index (κ3) is 8.48. The van der Waals surface area contributed by atoms with Crippen molar-refractivity contribution >= 4 is 38.2 Å². The average molecular weight is 615 g/mol. The lowest BCUT2D eigenvalue weighted by molar-refractivity contribution is 0.162. The second-order valence-electron chi connectivity index (χ2n) is 9.94. The number of alkyl halides is 1. The predicted octanol–water partition coefficient (Wildman–Crippen LogP) is 5.60. The van der Waals surface area contributed by atoms with Crippen LogP contribution in [-0.4, -0.2) is 55.6 Å². The molecular weight excluding hydrogens is 578 g/mol. The quantitative estimate of drug-likeness (QED) is 0.185. The summed E-state index contributed by atoms with van der Waals surface area (Å²) < 4.78 is 65.7. The van der Waals surface area contributed by atoms with Gasteiger partial charge in [-0.1, -0.05) is 12.1 Å². The highest BCUT2D eigenvalue weighted by Gasteiger charge is 2.24. The Bertz CT molecular complexity index is 1650. The molecule has 230 valence electrons. The Labute approximate surface area is 249 Å². The molecule has 2 heterocycles. The molecule has 2 aromatic carbocycles. The molecule has 13 heteroatoms. The van der Waals surface area contributed by atoms with Gasteiger partial charge in [-0.05, 0) is 74.9 Å². The minimum Gasteiger partial charge on any atom is -0.491 e. The van der Waals surface area contributed by atoms with Gasteiger partial charge in [-0.15, -0.1) is 0 Å². The van der Waals surface area contributed by atoms with E-state index in [1.807, 2.05) is 13.8 Å². The number of anilines is 3. The summed E-state index contributed by atoms with van der Waals surface area (Å²) in [6.45, 7) is 5.35. The van der Waals surface area contributed by atoms with Crippen LogP contribution in [0.25, 0.3) is 33.4 Å². The zero-order chi connectivity index (χ0) is 31.0. The molecule has 10 nitrogen and oxygen atoms in total. The second-order valence-corrected chi connectivity index (χ2v) is 11.8. The number of halogens is 2. The van der Waals surface area contributed by atoms with Crippen LogP contribution in [0.5, 0.6) is 5.75 Å². The SMILES string of the molecule is CCOCC.Nc1ccc(-c2nc(N)c3cc(-c4cccc(NS(=O)(=O)CCCF)c4F)cc(OCC4CC4)c3n2)cn1. The van der Waals surface area contributed by atoms with Crippen molar-refractivity contribution in [1.82, 2.24) is 15.0 Å².